The first kappa shape index (κ1) is 20.9. The summed E-state index contributed by atoms with van der Waals surface area (Å²) in [6.45, 7) is 1.90. The van der Waals surface area contributed by atoms with Crippen molar-refractivity contribution < 1.29 is 14.3 Å². The van der Waals surface area contributed by atoms with Gasteiger partial charge in [0.15, 0.2) is 18.1 Å². The summed E-state index contributed by atoms with van der Waals surface area (Å²) in [6, 6.07) is 14.6. The van der Waals surface area contributed by atoms with Gasteiger partial charge in [-0.2, -0.15) is 5.26 Å². The number of amides is 1. The molecule has 2 aromatic carbocycles. The minimum atomic E-state index is -0.282. The molecule has 0 aliphatic heterocycles. The van der Waals surface area contributed by atoms with Crippen LogP contribution in [-0.2, 0) is 11.2 Å². The molecular formula is C21H21N3O3S. The van der Waals surface area contributed by atoms with Crippen molar-refractivity contribution in [3.8, 4) is 17.6 Å². The molecule has 0 aliphatic rings. The van der Waals surface area contributed by atoms with E-state index in [1.807, 2.05) is 30.3 Å². The first-order valence-corrected chi connectivity index (χ1v) is 8.98. The molecule has 28 heavy (non-hydrogen) atoms. The highest BCUT2D eigenvalue weighted by Crippen LogP contribution is 2.29. The number of methoxy groups -OCH3 is 1. The van der Waals surface area contributed by atoms with Crippen molar-refractivity contribution in [1.82, 2.24) is 0 Å². The van der Waals surface area contributed by atoms with Crippen LogP contribution in [0.2, 0.25) is 0 Å². The molecule has 0 fully saturated rings. The maximum absolute atomic E-state index is 12.1. The quantitative estimate of drug-likeness (QED) is 0.404. The molecular weight excluding hydrogens is 374 g/mol. The molecule has 0 spiro atoms. The van der Waals surface area contributed by atoms with Crippen molar-refractivity contribution in [2.24, 2.45) is 5.73 Å². The molecule has 0 aliphatic carbocycles. The van der Waals surface area contributed by atoms with E-state index in [4.69, 9.17) is 32.7 Å². The molecule has 1 amide bonds. The van der Waals surface area contributed by atoms with Crippen molar-refractivity contribution in [2.75, 3.05) is 19.0 Å². The van der Waals surface area contributed by atoms with Gasteiger partial charge in [-0.05, 0) is 47.9 Å². The van der Waals surface area contributed by atoms with Crippen molar-refractivity contribution >= 4 is 34.9 Å². The predicted octanol–water partition coefficient (Wildman–Crippen LogP) is 3.47. The standard InChI is InChI=1S/C21H21N3O3S/c1-3-14-4-7-17(8-5-14)24-20(25)13-27-18-9-6-15(11-19(18)26-2)10-16(12-22)21(23)28/h4-11H,3,13H2,1-2H3,(H2,23,28)(H,24,25)/b16-10-. The van der Waals surface area contributed by atoms with Crippen LogP contribution < -0.4 is 20.5 Å². The molecule has 0 saturated heterocycles. The average molecular weight is 395 g/mol. The number of nitriles is 1. The van der Waals surface area contributed by atoms with Gasteiger partial charge in [-0.25, -0.2) is 0 Å². The lowest BCUT2D eigenvalue weighted by molar-refractivity contribution is -0.118. The summed E-state index contributed by atoms with van der Waals surface area (Å²) in [5.74, 6) is 0.551. The second-order valence-electron chi connectivity index (χ2n) is 5.83. The molecule has 6 nitrogen and oxygen atoms in total. The van der Waals surface area contributed by atoms with E-state index < -0.39 is 0 Å². The van der Waals surface area contributed by atoms with E-state index in [-0.39, 0.29) is 23.1 Å². The molecule has 0 bridgehead atoms. The van der Waals surface area contributed by atoms with Gasteiger partial charge >= 0.3 is 0 Å². The second kappa shape index (κ2) is 10.1. The van der Waals surface area contributed by atoms with Crippen molar-refractivity contribution in [1.29, 1.82) is 5.26 Å². The third kappa shape index (κ3) is 5.83. The van der Waals surface area contributed by atoms with E-state index in [2.05, 4.69) is 12.2 Å². The van der Waals surface area contributed by atoms with Crippen molar-refractivity contribution in [3.63, 3.8) is 0 Å². The third-order valence-corrected chi connectivity index (χ3v) is 4.11. The summed E-state index contributed by atoms with van der Waals surface area (Å²) in [6.07, 6.45) is 2.50. The number of carbonyl (C=O) groups excluding carboxylic acids is 1. The number of nitrogens with zero attached hydrogens (tertiary/aromatic N) is 1. The number of benzene rings is 2. The maximum atomic E-state index is 12.1. The van der Waals surface area contributed by atoms with Crippen LogP contribution >= 0.6 is 12.2 Å². The highest BCUT2D eigenvalue weighted by Gasteiger charge is 2.09. The SMILES string of the molecule is CCc1ccc(NC(=O)COc2ccc(/C=C(/C#N)C(N)=S)cc2OC)cc1. The predicted molar refractivity (Wildman–Crippen MR) is 113 cm³/mol. The molecule has 144 valence electrons. The van der Waals surface area contributed by atoms with Crippen LogP contribution in [-0.4, -0.2) is 24.6 Å². The van der Waals surface area contributed by atoms with Gasteiger partial charge in [0.2, 0.25) is 0 Å². The third-order valence-electron chi connectivity index (χ3n) is 3.89. The largest absolute Gasteiger partial charge is 0.493 e. The van der Waals surface area contributed by atoms with Gasteiger partial charge in [-0.1, -0.05) is 37.3 Å². The number of hydrogen-bond acceptors (Lipinski definition) is 5. The van der Waals surface area contributed by atoms with Gasteiger partial charge in [0.25, 0.3) is 5.91 Å². The topological polar surface area (TPSA) is 97.4 Å². The second-order valence-corrected chi connectivity index (χ2v) is 6.27. The van der Waals surface area contributed by atoms with Gasteiger partial charge < -0.3 is 20.5 Å². The maximum Gasteiger partial charge on any atom is 0.262 e. The summed E-state index contributed by atoms with van der Waals surface area (Å²) in [5, 5.41) is 11.8. The van der Waals surface area contributed by atoms with Crippen LogP contribution in [0.5, 0.6) is 11.5 Å². The van der Waals surface area contributed by atoms with E-state index in [0.717, 1.165) is 6.42 Å². The van der Waals surface area contributed by atoms with Crippen LogP contribution in [0.1, 0.15) is 18.1 Å². The number of anilines is 1. The Morgan fingerprint density at radius 1 is 1.25 bits per heavy atom. The monoisotopic (exact) mass is 395 g/mol. The zero-order valence-electron chi connectivity index (χ0n) is 15.7. The van der Waals surface area contributed by atoms with Gasteiger partial charge in [0, 0.05) is 5.69 Å². The highest BCUT2D eigenvalue weighted by atomic mass is 32.1. The fourth-order valence-corrected chi connectivity index (χ4v) is 2.49. The smallest absolute Gasteiger partial charge is 0.262 e. The number of thiocarbonyl (C=S) groups is 1. The van der Waals surface area contributed by atoms with Crippen LogP contribution in [0.3, 0.4) is 0 Å². The Morgan fingerprint density at radius 2 is 1.96 bits per heavy atom. The fraction of sp³-hybridized carbons (Fsp3) is 0.190. The van der Waals surface area contributed by atoms with Crippen molar-refractivity contribution in [2.45, 2.75) is 13.3 Å². The molecule has 2 aromatic rings. The molecule has 0 saturated carbocycles. The Morgan fingerprint density at radius 3 is 2.54 bits per heavy atom. The normalized spacial score (nSPS) is 10.7. The number of aryl methyl sites for hydroxylation is 1. The Bertz CT molecular complexity index is 931. The van der Waals surface area contributed by atoms with Gasteiger partial charge in [0.05, 0.1) is 12.7 Å². The summed E-state index contributed by atoms with van der Waals surface area (Å²) in [4.78, 5) is 12.1. The number of nitrogens with two attached hydrogens (primary N) is 1. The minimum Gasteiger partial charge on any atom is -0.493 e. The van der Waals surface area contributed by atoms with Crippen LogP contribution in [0, 0.1) is 11.3 Å². The number of carbonyl (C=O) groups is 1. The van der Waals surface area contributed by atoms with Gasteiger partial charge in [0.1, 0.15) is 11.1 Å². The molecule has 0 unspecified atom stereocenters. The lowest BCUT2D eigenvalue weighted by atomic mass is 10.1. The van der Waals surface area contributed by atoms with Crippen LogP contribution in [0.4, 0.5) is 5.69 Å². The van der Waals surface area contributed by atoms with E-state index in [0.29, 0.717) is 22.7 Å². The first-order valence-electron chi connectivity index (χ1n) is 8.58. The number of nitrogens with one attached hydrogen (secondary N) is 1. The van der Waals surface area contributed by atoms with Gasteiger partial charge in [-0.15, -0.1) is 0 Å². The van der Waals surface area contributed by atoms with Crippen LogP contribution in [0.15, 0.2) is 48.0 Å². The van der Waals surface area contributed by atoms with E-state index >= 15 is 0 Å². The summed E-state index contributed by atoms with van der Waals surface area (Å²) in [7, 11) is 1.49. The zero-order chi connectivity index (χ0) is 20.5. The fourth-order valence-electron chi connectivity index (χ4n) is 2.38. The first-order chi connectivity index (χ1) is 13.5. The molecule has 3 N–H and O–H groups in total. The molecule has 0 aromatic heterocycles. The Hall–Kier alpha value is -3.37. The van der Waals surface area contributed by atoms with Gasteiger partial charge in [-0.3, -0.25) is 4.79 Å². The lowest BCUT2D eigenvalue weighted by Gasteiger charge is -2.12. The van der Waals surface area contributed by atoms with E-state index in [1.54, 1.807) is 24.3 Å². The minimum absolute atomic E-state index is 0.0189. The lowest BCUT2D eigenvalue weighted by Crippen LogP contribution is -2.20. The zero-order valence-corrected chi connectivity index (χ0v) is 16.5. The Kier molecular flexibility index (Phi) is 7.55. The Labute approximate surface area is 169 Å². The molecule has 0 radical (unpaired) electrons. The van der Waals surface area contributed by atoms with E-state index in [1.165, 1.54) is 12.7 Å². The molecule has 2 rings (SSSR count). The van der Waals surface area contributed by atoms with Crippen molar-refractivity contribution in [3.05, 3.63) is 59.2 Å². The molecule has 0 heterocycles. The Balaban J connectivity index is 2.04. The summed E-state index contributed by atoms with van der Waals surface area (Å²) >= 11 is 4.83. The highest BCUT2D eigenvalue weighted by molar-refractivity contribution is 7.80. The number of ether oxygens (including phenoxy) is 2. The number of rotatable bonds is 8. The number of hydrogen-bond donors (Lipinski definition) is 2. The van der Waals surface area contributed by atoms with E-state index in [9.17, 15) is 4.79 Å². The molecule has 0 atom stereocenters. The summed E-state index contributed by atoms with van der Waals surface area (Å²) < 4.78 is 10.9. The average Bonchev–Trinajstić information content (AvgIpc) is 2.71. The molecule has 7 heteroatoms. The van der Waals surface area contributed by atoms with Crippen LogP contribution in [0.25, 0.3) is 6.08 Å². The summed E-state index contributed by atoms with van der Waals surface area (Å²) in [5.41, 5.74) is 8.27.